The third kappa shape index (κ3) is 3.98. The number of hydrogen-bond acceptors (Lipinski definition) is 3. The van der Waals surface area contributed by atoms with Gasteiger partial charge in [-0.15, -0.1) is 0 Å². The maximum absolute atomic E-state index is 6.47. The van der Waals surface area contributed by atoms with Gasteiger partial charge in [0.1, 0.15) is 0 Å². The summed E-state index contributed by atoms with van der Waals surface area (Å²) in [5.41, 5.74) is 4.06. The van der Waals surface area contributed by atoms with Gasteiger partial charge in [-0.05, 0) is 53.3 Å². The highest BCUT2D eigenvalue weighted by Crippen LogP contribution is 2.34. The molecule has 27 heavy (non-hydrogen) atoms. The quantitative estimate of drug-likeness (QED) is 0.390. The molecule has 0 bridgehead atoms. The van der Waals surface area contributed by atoms with E-state index in [9.17, 15) is 0 Å². The van der Waals surface area contributed by atoms with Gasteiger partial charge in [-0.2, -0.15) is 0 Å². The molecule has 1 N–H and O–H groups in total. The van der Waals surface area contributed by atoms with Crippen LogP contribution in [0.1, 0.15) is 5.56 Å². The average Bonchev–Trinajstić information content (AvgIpc) is 3.08. The molecule has 4 rings (SSSR count). The van der Waals surface area contributed by atoms with E-state index in [-0.39, 0.29) is 0 Å². The van der Waals surface area contributed by atoms with E-state index in [1.54, 1.807) is 6.07 Å². The highest BCUT2D eigenvalue weighted by molar-refractivity contribution is 7.18. The summed E-state index contributed by atoms with van der Waals surface area (Å²) in [5.74, 6) is 0. The van der Waals surface area contributed by atoms with E-state index in [1.165, 1.54) is 16.9 Å². The molecule has 0 amide bonds. The standard InChI is InChI=1S/C21H16Cl2N3S/c1-14-7-10-16(11-8-14)24-21-25-26(17-5-3-2-4-6-17)20(27-21)18-12-9-15(22)13-19(18)23/h2-13H,1H3,(H,24,25)/q+1. The first-order valence-corrected chi connectivity index (χ1v) is 9.95. The maximum atomic E-state index is 6.47. The summed E-state index contributed by atoms with van der Waals surface area (Å²) in [7, 11) is 0. The van der Waals surface area contributed by atoms with Crippen molar-refractivity contribution in [3.63, 3.8) is 0 Å². The van der Waals surface area contributed by atoms with Gasteiger partial charge in [0.15, 0.2) is 0 Å². The third-order valence-electron chi connectivity index (χ3n) is 4.04. The van der Waals surface area contributed by atoms with Gasteiger partial charge in [-0.3, -0.25) is 0 Å². The summed E-state index contributed by atoms with van der Waals surface area (Å²) in [6, 6.07) is 23.7. The zero-order valence-electron chi connectivity index (χ0n) is 14.5. The van der Waals surface area contributed by atoms with E-state index >= 15 is 0 Å². The smallest absolute Gasteiger partial charge is 0.306 e. The first-order chi connectivity index (χ1) is 13.1. The minimum Gasteiger partial charge on any atom is -0.327 e. The van der Waals surface area contributed by atoms with Crippen LogP contribution in [0.2, 0.25) is 10.0 Å². The molecule has 3 aromatic carbocycles. The fraction of sp³-hybridized carbons (Fsp3) is 0.0476. The van der Waals surface area contributed by atoms with Crippen LogP contribution in [0.25, 0.3) is 16.3 Å². The van der Waals surface area contributed by atoms with Crippen LogP contribution >= 0.6 is 34.5 Å². The second kappa shape index (κ2) is 7.69. The number of benzene rings is 3. The Morgan fingerprint density at radius 1 is 0.926 bits per heavy atom. The molecule has 0 fully saturated rings. The molecule has 1 aromatic heterocycles. The molecule has 134 valence electrons. The number of para-hydroxylation sites is 1. The lowest BCUT2D eigenvalue weighted by Gasteiger charge is -2.00. The molecule has 0 saturated heterocycles. The van der Waals surface area contributed by atoms with E-state index in [4.69, 9.17) is 28.3 Å². The van der Waals surface area contributed by atoms with Gasteiger partial charge >= 0.3 is 5.01 Å². The lowest BCUT2D eigenvalue weighted by atomic mass is 10.2. The van der Waals surface area contributed by atoms with Crippen molar-refractivity contribution in [2.24, 2.45) is 0 Å². The van der Waals surface area contributed by atoms with Crippen molar-refractivity contribution in [3.05, 3.63) is 88.4 Å². The van der Waals surface area contributed by atoms with E-state index in [2.05, 4.69) is 24.4 Å². The SMILES string of the molecule is Cc1ccc(Nc2n[n+](-c3ccccc3)c(-c3ccc(Cl)cc3Cl)s2)cc1. The Labute approximate surface area is 171 Å². The summed E-state index contributed by atoms with van der Waals surface area (Å²) < 4.78 is 1.90. The molecule has 1 heterocycles. The molecule has 4 aromatic rings. The van der Waals surface area contributed by atoms with Crippen molar-refractivity contribution in [3.8, 4) is 16.3 Å². The molecule has 0 aliphatic rings. The second-order valence-corrected chi connectivity index (χ2v) is 7.90. The normalized spacial score (nSPS) is 10.8. The fourth-order valence-electron chi connectivity index (χ4n) is 2.68. The van der Waals surface area contributed by atoms with Gasteiger partial charge < -0.3 is 5.32 Å². The van der Waals surface area contributed by atoms with Crippen molar-refractivity contribution in [1.29, 1.82) is 0 Å². The summed E-state index contributed by atoms with van der Waals surface area (Å²) in [5, 5.41) is 11.1. The van der Waals surface area contributed by atoms with E-state index in [1.807, 2.05) is 59.3 Å². The molecule has 0 atom stereocenters. The largest absolute Gasteiger partial charge is 0.327 e. The Bertz CT molecular complexity index is 1080. The van der Waals surface area contributed by atoms with Crippen molar-refractivity contribution in [2.75, 3.05) is 5.32 Å². The van der Waals surface area contributed by atoms with Gasteiger partial charge in [-0.25, -0.2) is 0 Å². The molecule has 0 unspecified atom stereocenters. The van der Waals surface area contributed by atoms with Gasteiger partial charge in [0.25, 0.3) is 5.13 Å². The minimum atomic E-state index is 0.595. The number of halogens is 2. The molecule has 0 aliphatic heterocycles. The third-order valence-corrected chi connectivity index (χ3v) is 5.55. The molecule has 6 heteroatoms. The number of hydrogen-bond donors (Lipinski definition) is 1. The predicted molar refractivity (Wildman–Crippen MR) is 114 cm³/mol. The lowest BCUT2D eigenvalue weighted by Crippen LogP contribution is -2.34. The van der Waals surface area contributed by atoms with Gasteiger partial charge in [0, 0.05) is 27.9 Å². The summed E-state index contributed by atoms with van der Waals surface area (Å²) in [4.78, 5) is 0. The molecule has 0 aliphatic carbocycles. The Balaban J connectivity index is 1.81. The first-order valence-electron chi connectivity index (χ1n) is 8.38. The summed E-state index contributed by atoms with van der Waals surface area (Å²) in [6.07, 6.45) is 0. The van der Waals surface area contributed by atoms with Gasteiger partial charge in [0.2, 0.25) is 5.69 Å². The molecule has 0 spiro atoms. The van der Waals surface area contributed by atoms with Crippen LogP contribution in [0.15, 0.2) is 72.8 Å². The van der Waals surface area contributed by atoms with Crippen molar-refractivity contribution in [2.45, 2.75) is 6.92 Å². The van der Waals surface area contributed by atoms with Crippen molar-refractivity contribution >= 4 is 45.4 Å². The van der Waals surface area contributed by atoms with Crippen molar-refractivity contribution in [1.82, 2.24) is 5.10 Å². The number of nitrogens with one attached hydrogen (secondary N) is 1. The Kier molecular flexibility index (Phi) is 5.12. The number of anilines is 2. The number of aromatic nitrogens is 2. The first kappa shape index (κ1) is 18.0. The highest BCUT2D eigenvalue weighted by Gasteiger charge is 2.26. The zero-order valence-corrected chi connectivity index (χ0v) is 16.8. The predicted octanol–water partition coefficient (Wildman–Crippen LogP) is 6.45. The Morgan fingerprint density at radius 3 is 2.37 bits per heavy atom. The molecule has 0 saturated carbocycles. The monoisotopic (exact) mass is 412 g/mol. The van der Waals surface area contributed by atoms with E-state index in [0.717, 1.165) is 27.1 Å². The van der Waals surface area contributed by atoms with Crippen LogP contribution in [-0.2, 0) is 0 Å². The van der Waals surface area contributed by atoms with Gasteiger partial charge in [0.05, 0.1) is 10.6 Å². The summed E-state index contributed by atoms with van der Waals surface area (Å²) in [6.45, 7) is 2.07. The van der Waals surface area contributed by atoms with Crippen LogP contribution in [0, 0.1) is 6.92 Å². The highest BCUT2D eigenvalue weighted by atomic mass is 35.5. The van der Waals surface area contributed by atoms with Crippen LogP contribution in [0.4, 0.5) is 10.8 Å². The van der Waals surface area contributed by atoms with Crippen LogP contribution in [0.5, 0.6) is 0 Å². The molecule has 3 nitrogen and oxygen atoms in total. The second-order valence-electron chi connectivity index (χ2n) is 6.07. The van der Waals surface area contributed by atoms with Gasteiger partial charge in [-0.1, -0.05) is 59.1 Å². The number of rotatable bonds is 4. The fourth-order valence-corrected chi connectivity index (χ4v) is 4.23. The molecular weight excluding hydrogens is 397 g/mol. The topological polar surface area (TPSA) is 28.8 Å². The van der Waals surface area contributed by atoms with Crippen LogP contribution < -0.4 is 10.00 Å². The minimum absolute atomic E-state index is 0.595. The molecular formula is C21H16Cl2N3S+. The Hall–Kier alpha value is -2.40. The van der Waals surface area contributed by atoms with E-state index < -0.39 is 0 Å². The zero-order chi connectivity index (χ0) is 18.8. The summed E-state index contributed by atoms with van der Waals surface area (Å²) >= 11 is 14.1. The lowest BCUT2D eigenvalue weighted by molar-refractivity contribution is -0.642. The van der Waals surface area contributed by atoms with Crippen molar-refractivity contribution < 1.29 is 4.68 Å². The molecule has 0 radical (unpaired) electrons. The average molecular weight is 413 g/mol. The van der Waals surface area contributed by atoms with E-state index in [0.29, 0.717) is 10.0 Å². The number of aryl methyl sites for hydroxylation is 1. The van der Waals surface area contributed by atoms with Crippen LogP contribution in [0.3, 0.4) is 0 Å². The Morgan fingerprint density at radius 2 is 1.67 bits per heavy atom. The number of nitrogens with zero attached hydrogens (tertiary/aromatic N) is 2. The van der Waals surface area contributed by atoms with Crippen LogP contribution in [-0.4, -0.2) is 5.10 Å². The maximum Gasteiger partial charge on any atom is 0.306 e.